The largest absolute Gasteiger partial charge is 0.497 e. The lowest BCUT2D eigenvalue weighted by atomic mass is 10.2. The van der Waals surface area contributed by atoms with Crippen molar-refractivity contribution in [2.24, 2.45) is 0 Å². The van der Waals surface area contributed by atoms with Crippen molar-refractivity contribution in [1.82, 2.24) is 9.55 Å². The van der Waals surface area contributed by atoms with Crippen molar-refractivity contribution >= 4 is 38.6 Å². The molecule has 3 nitrogen and oxygen atoms in total. The molecule has 0 aliphatic heterocycles. The molecular weight excluding hydrogens is 352 g/mol. The maximum absolute atomic E-state index is 5.93. The van der Waals surface area contributed by atoms with Gasteiger partial charge in [0.25, 0.3) is 0 Å². The quantitative estimate of drug-likeness (QED) is 0.633. The zero-order chi connectivity index (χ0) is 14.8. The summed E-state index contributed by atoms with van der Waals surface area (Å²) in [6, 6.07) is 14.0. The SMILES string of the molecule is COc1cccc(-n2c(CCCl)nc3ccc(Br)cc32)c1. The van der Waals surface area contributed by atoms with Gasteiger partial charge in [0.05, 0.1) is 23.8 Å². The fraction of sp³-hybridized carbons (Fsp3) is 0.188. The van der Waals surface area contributed by atoms with E-state index in [1.54, 1.807) is 7.11 Å². The first-order valence-electron chi connectivity index (χ1n) is 6.60. The van der Waals surface area contributed by atoms with Gasteiger partial charge < -0.3 is 4.74 Å². The molecule has 0 bridgehead atoms. The summed E-state index contributed by atoms with van der Waals surface area (Å²) in [5.41, 5.74) is 3.04. The fourth-order valence-corrected chi connectivity index (χ4v) is 2.91. The number of hydrogen-bond donors (Lipinski definition) is 0. The third kappa shape index (κ3) is 2.78. The van der Waals surface area contributed by atoms with E-state index in [0.29, 0.717) is 12.3 Å². The summed E-state index contributed by atoms with van der Waals surface area (Å²) < 4.78 is 8.47. The van der Waals surface area contributed by atoms with Gasteiger partial charge in [-0.05, 0) is 30.3 Å². The third-order valence-corrected chi connectivity index (χ3v) is 4.00. The molecule has 0 aliphatic carbocycles. The van der Waals surface area contributed by atoms with Gasteiger partial charge in [-0.3, -0.25) is 4.57 Å². The number of aromatic nitrogens is 2. The second kappa shape index (κ2) is 6.08. The molecule has 0 fully saturated rings. The van der Waals surface area contributed by atoms with Crippen LogP contribution in [0.1, 0.15) is 5.82 Å². The molecule has 108 valence electrons. The lowest BCUT2D eigenvalue weighted by Crippen LogP contribution is -2.02. The van der Waals surface area contributed by atoms with E-state index in [4.69, 9.17) is 21.3 Å². The van der Waals surface area contributed by atoms with Crippen LogP contribution < -0.4 is 4.74 Å². The van der Waals surface area contributed by atoms with Crippen LogP contribution in [0.5, 0.6) is 5.75 Å². The number of alkyl halides is 1. The van der Waals surface area contributed by atoms with Crippen molar-refractivity contribution < 1.29 is 4.74 Å². The molecule has 1 aromatic heterocycles. The molecule has 0 spiro atoms. The average molecular weight is 366 g/mol. The van der Waals surface area contributed by atoms with Crippen molar-refractivity contribution in [3.63, 3.8) is 0 Å². The first kappa shape index (κ1) is 14.4. The number of rotatable bonds is 4. The van der Waals surface area contributed by atoms with Gasteiger partial charge in [-0.2, -0.15) is 0 Å². The number of fused-ring (bicyclic) bond motifs is 1. The van der Waals surface area contributed by atoms with Crippen molar-refractivity contribution in [3.05, 3.63) is 52.8 Å². The van der Waals surface area contributed by atoms with Gasteiger partial charge in [-0.25, -0.2) is 4.98 Å². The molecule has 1 heterocycles. The maximum atomic E-state index is 5.93. The highest BCUT2D eigenvalue weighted by atomic mass is 79.9. The van der Waals surface area contributed by atoms with E-state index in [0.717, 1.165) is 32.8 Å². The first-order valence-corrected chi connectivity index (χ1v) is 7.93. The molecule has 0 amide bonds. The van der Waals surface area contributed by atoms with Crippen LogP contribution >= 0.6 is 27.5 Å². The molecule has 0 radical (unpaired) electrons. The molecular formula is C16H14BrClN2O. The normalized spacial score (nSPS) is 11.0. The predicted molar refractivity (Wildman–Crippen MR) is 89.7 cm³/mol. The van der Waals surface area contributed by atoms with Crippen molar-refractivity contribution in [2.75, 3.05) is 13.0 Å². The van der Waals surface area contributed by atoms with Gasteiger partial charge >= 0.3 is 0 Å². The standard InChI is InChI=1S/C16H14BrClN2O/c1-21-13-4-2-3-12(10-13)20-15-9-11(17)5-6-14(15)19-16(20)7-8-18/h2-6,9-10H,7-8H2,1H3. The monoisotopic (exact) mass is 364 g/mol. The van der Waals surface area contributed by atoms with Gasteiger partial charge in [-0.15, -0.1) is 11.6 Å². The minimum atomic E-state index is 0.536. The Bertz CT molecular complexity index is 785. The Kier molecular flexibility index (Phi) is 4.17. The Morgan fingerprint density at radius 2 is 2.10 bits per heavy atom. The van der Waals surface area contributed by atoms with E-state index in [9.17, 15) is 0 Å². The van der Waals surface area contributed by atoms with Crippen LogP contribution in [-0.4, -0.2) is 22.5 Å². The lowest BCUT2D eigenvalue weighted by molar-refractivity contribution is 0.414. The molecule has 0 saturated heterocycles. The summed E-state index contributed by atoms with van der Waals surface area (Å²) in [5.74, 6) is 2.31. The highest BCUT2D eigenvalue weighted by Crippen LogP contribution is 2.27. The Labute approximate surface area is 136 Å². The van der Waals surface area contributed by atoms with Gasteiger partial charge in [0.15, 0.2) is 0 Å². The van der Waals surface area contributed by atoms with Crippen molar-refractivity contribution in [1.29, 1.82) is 0 Å². The minimum Gasteiger partial charge on any atom is -0.497 e. The molecule has 5 heteroatoms. The van der Waals surface area contributed by atoms with E-state index in [1.165, 1.54) is 0 Å². The highest BCUT2D eigenvalue weighted by molar-refractivity contribution is 9.10. The maximum Gasteiger partial charge on any atom is 0.120 e. The fourth-order valence-electron chi connectivity index (χ4n) is 2.39. The second-order valence-electron chi connectivity index (χ2n) is 4.64. The van der Waals surface area contributed by atoms with E-state index in [2.05, 4.69) is 26.6 Å². The molecule has 3 aromatic rings. The van der Waals surface area contributed by atoms with E-state index < -0.39 is 0 Å². The lowest BCUT2D eigenvalue weighted by Gasteiger charge is -2.10. The van der Waals surface area contributed by atoms with Crippen LogP contribution in [0.15, 0.2) is 46.9 Å². The summed E-state index contributed by atoms with van der Waals surface area (Å²) in [7, 11) is 1.67. The van der Waals surface area contributed by atoms with E-state index in [-0.39, 0.29) is 0 Å². The third-order valence-electron chi connectivity index (χ3n) is 3.32. The van der Waals surface area contributed by atoms with Crippen LogP contribution in [-0.2, 0) is 6.42 Å². The Morgan fingerprint density at radius 1 is 1.24 bits per heavy atom. The number of methoxy groups -OCH3 is 1. The molecule has 0 unspecified atom stereocenters. The van der Waals surface area contributed by atoms with Crippen LogP contribution in [0.4, 0.5) is 0 Å². The molecule has 0 saturated carbocycles. The smallest absolute Gasteiger partial charge is 0.120 e. The van der Waals surface area contributed by atoms with E-state index >= 15 is 0 Å². The van der Waals surface area contributed by atoms with Crippen molar-refractivity contribution in [2.45, 2.75) is 6.42 Å². The Morgan fingerprint density at radius 3 is 2.86 bits per heavy atom. The zero-order valence-electron chi connectivity index (χ0n) is 11.5. The molecule has 0 aliphatic rings. The van der Waals surface area contributed by atoms with Crippen molar-refractivity contribution in [3.8, 4) is 11.4 Å². The molecule has 3 rings (SSSR count). The number of benzene rings is 2. The summed E-state index contributed by atoms with van der Waals surface area (Å²) in [6.45, 7) is 0. The first-order chi connectivity index (χ1) is 10.2. The van der Waals surface area contributed by atoms with Gasteiger partial charge in [0.1, 0.15) is 11.6 Å². The topological polar surface area (TPSA) is 27.1 Å². The minimum absolute atomic E-state index is 0.536. The summed E-state index contributed by atoms with van der Waals surface area (Å²) in [5, 5.41) is 0. The molecule has 21 heavy (non-hydrogen) atoms. The number of halogens is 2. The molecule has 0 atom stereocenters. The number of imidazole rings is 1. The van der Waals surface area contributed by atoms with Crippen LogP contribution in [0.25, 0.3) is 16.7 Å². The van der Waals surface area contributed by atoms with E-state index in [1.807, 2.05) is 36.4 Å². The number of nitrogens with zero attached hydrogens (tertiary/aromatic N) is 2. The highest BCUT2D eigenvalue weighted by Gasteiger charge is 2.13. The van der Waals surface area contributed by atoms with Crippen LogP contribution in [0.2, 0.25) is 0 Å². The Balaban J connectivity index is 2.26. The number of ether oxygens (including phenoxy) is 1. The second-order valence-corrected chi connectivity index (χ2v) is 5.93. The number of aryl methyl sites for hydroxylation is 1. The van der Waals surface area contributed by atoms with Gasteiger partial charge in [-0.1, -0.05) is 22.0 Å². The zero-order valence-corrected chi connectivity index (χ0v) is 13.9. The van der Waals surface area contributed by atoms with Crippen LogP contribution in [0.3, 0.4) is 0 Å². The number of hydrogen-bond acceptors (Lipinski definition) is 2. The van der Waals surface area contributed by atoms with Gasteiger partial charge in [0.2, 0.25) is 0 Å². The van der Waals surface area contributed by atoms with Gasteiger partial charge in [0, 0.05) is 22.8 Å². The molecule has 2 aromatic carbocycles. The summed E-state index contributed by atoms with van der Waals surface area (Å²) in [4.78, 5) is 4.69. The molecule has 0 N–H and O–H groups in total. The van der Waals surface area contributed by atoms with Crippen LogP contribution in [0, 0.1) is 0 Å². The Hall–Kier alpha value is -1.52. The summed E-state index contributed by atoms with van der Waals surface area (Å²) >= 11 is 9.45. The summed E-state index contributed by atoms with van der Waals surface area (Å²) in [6.07, 6.45) is 0.713. The average Bonchev–Trinajstić information content (AvgIpc) is 2.85. The predicted octanol–water partition coefficient (Wildman–Crippen LogP) is 4.58.